The minimum absolute atomic E-state index is 0.242. The van der Waals surface area contributed by atoms with E-state index in [9.17, 15) is 4.79 Å². The number of rotatable bonds is 7. The summed E-state index contributed by atoms with van der Waals surface area (Å²) in [5, 5.41) is 6.84. The van der Waals surface area contributed by atoms with Crippen molar-refractivity contribution in [3.8, 4) is 40.1 Å². The SMILES string of the molecule is COc1ccc(Oc2ccc(-c3noc(-c4ccc(NC(=O)c5ccco5)cc4)n3)cc2)cc1. The highest BCUT2D eigenvalue weighted by molar-refractivity contribution is 6.02. The second-order valence-corrected chi connectivity index (χ2v) is 7.23. The van der Waals surface area contributed by atoms with E-state index in [1.54, 1.807) is 43.5 Å². The molecule has 0 unspecified atom stereocenters. The lowest BCUT2D eigenvalue weighted by Gasteiger charge is -2.06. The average molecular weight is 453 g/mol. The normalized spacial score (nSPS) is 10.6. The molecular weight excluding hydrogens is 434 g/mol. The van der Waals surface area contributed by atoms with Gasteiger partial charge in [0.05, 0.1) is 13.4 Å². The van der Waals surface area contributed by atoms with Crippen LogP contribution in [0.2, 0.25) is 0 Å². The van der Waals surface area contributed by atoms with Crippen LogP contribution in [0.5, 0.6) is 17.2 Å². The molecule has 0 fully saturated rings. The van der Waals surface area contributed by atoms with E-state index < -0.39 is 0 Å². The summed E-state index contributed by atoms with van der Waals surface area (Å²) in [4.78, 5) is 16.6. The molecule has 5 rings (SSSR count). The molecule has 0 bridgehead atoms. The van der Waals surface area contributed by atoms with E-state index in [2.05, 4.69) is 15.5 Å². The predicted molar refractivity (Wildman–Crippen MR) is 125 cm³/mol. The highest BCUT2D eigenvalue weighted by Crippen LogP contribution is 2.28. The van der Waals surface area contributed by atoms with E-state index in [1.165, 1.54) is 6.26 Å². The average Bonchev–Trinajstić information content (AvgIpc) is 3.59. The molecule has 8 nitrogen and oxygen atoms in total. The van der Waals surface area contributed by atoms with Crippen LogP contribution < -0.4 is 14.8 Å². The molecule has 8 heteroatoms. The minimum Gasteiger partial charge on any atom is -0.497 e. The Labute approximate surface area is 194 Å². The topological polar surface area (TPSA) is 99.6 Å². The lowest BCUT2D eigenvalue weighted by molar-refractivity contribution is 0.0996. The molecule has 0 saturated heterocycles. The summed E-state index contributed by atoms with van der Waals surface area (Å²) in [6.07, 6.45) is 1.45. The highest BCUT2D eigenvalue weighted by Gasteiger charge is 2.12. The molecule has 0 aliphatic carbocycles. The number of carbonyl (C=O) groups excluding carboxylic acids is 1. The monoisotopic (exact) mass is 453 g/mol. The molecule has 0 aliphatic heterocycles. The van der Waals surface area contributed by atoms with Crippen LogP contribution in [0, 0.1) is 0 Å². The van der Waals surface area contributed by atoms with Crippen molar-refractivity contribution in [3.63, 3.8) is 0 Å². The first-order valence-electron chi connectivity index (χ1n) is 10.4. The number of benzene rings is 3. The van der Waals surface area contributed by atoms with E-state index in [4.69, 9.17) is 18.4 Å². The van der Waals surface area contributed by atoms with Gasteiger partial charge in [-0.1, -0.05) is 5.16 Å². The van der Waals surface area contributed by atoms with Gasteiger partial charge in [-0.3, -0.25) is 4.79 Å². The third-order valence-electron chi connectivity index (χ3n) is 4.97. The van der Waals surface area contributed by atoms with Gasteiger partial charge in [-0.2, -0.15) is 4.98 Å². The Balaban J connectivity index is 1.24. The fourth-order valence-corrected chi connectivity index (χ4v) is 3.21. The first-order valence-corrected chi connectivity index (χ1v) is 10.4. The Hall–Kier alpha value is -4.85. The van der Waals surface area contributed by atoms with Gasteiger partial charge >= 0.3 is 0 Å². The van der Waals surface area contributed by atoms with E-state index in [0.29, 0.717) is 28.9 Å². The molecule has 1 N–H and O–H groups in total. The smallest absolute Gasteiger partial charge is 0.291 e. The molecule has 2 heterocycles. The van der Waals surface area contributed by atoms with Crippen molar-refractivity contribution in [2.24, 2.45) is 0 Å². The summed E-state index contributed by atoms with van der Waals surface area (Å²) in [7, 11) is 1.62. The number of hydrogen-bond donors (Lipinski definition) is 1. The Morgan fingerprint density at radius 3 is 2.12 bits per heavy atom. The van der Waals surface area contributed by atoms with Crippen LogP contribution in [-0.4, -0.2) is 23.2 Å². The van der Waals surface area contributed by atoms with Crippen LogP contribution in [0.1, 0.15) is 10.6 Å². The fraction of sp³-hybridized carbons (Fsp3) is 0.0385. The van der Waals surface area contributed by atoms with Crippen molar-refractivity contribution in [2.45, 2.75) is 0 Å². The van der Waals surface area contributed by atoms with Gasteiger partial charge in [-0.25, -0.2) is 0 Å². The van der Waals surface area contributed by atoms with Gasteiger partial charge in [0.25, 0.3) is 11.8 Å². The zero-order valence-electron chi connectivity index (χ0n) is 18.1. The highest BCUT2D eigenvalue weighted by atomic mass is 16.5. The number of nitrogens with zero attached hydrogens (tertiary/aromatic N) is 2. The van der Waals surface area contributed by atoms with E-state index in [0.717, 1.165) is 16.9 Å². The van der Waals surface area contributed by atoms with Crippen LogP contribution in [-0.2, 0) is 0 Å². The van der Waals surface area contributed by atoms with Crippen molar-refractivity contribution in [1.82, 2.24) is 10.1 Å². The first kappa shape index (κ1) is 21.0. The third kappa shape index (κ3) is 4.66. The molecule has 0 spiro atoms. The number of aromatic nitrogens is 2. The first-order chi connectivity index (χ1) is 16.7. The van der Waals surface area contributed by atoms with Crippen LogP contribution in [0.15, 0.2) is 100 Å². The second kappa shape index (κ2) is 9.33. The third-order valence-corrected chi connectivity index (χ3v) is 4.97. The van der Waals surface area contributed by atoms with Gasteiger partial charge in [0.1, 0.15) is 17.2 Å². The predicted octanol–water partition coefficient (Wildman–Crippen LogP) is 6.05. The molecular formula is C26H19N3O5. The molecule has 2 aromatic heterocycles. The number of ether oxygens (including phenoxy) is 2. The number of hydrogen-bond acceptors (Lipinski definition) is 7. The Morgan fingerprint density at radius 1 is 0.824 bits per heavy atom. The van der Waals surface area contributed by atoms with Crippen LogP contribution in [0.3, 0.4) is 0 Å². The quantitative estimate of drug-likeness (QED) is 0.320. The maximum atomic E-state index is 12.1. The summed E-state index contributed by atoms with van der Waals surface area (Å²) in [6, 6.07) is 25.1. The summed E-state index contributed by atoms with van der Waals surface area (Å²) in [5.41, 5.74) is 2.14. The zero-order chi connectivity index (χ0) is 23.3. The summed E-state index contributed by atoms with van der Waals surface area (Å²) in [5.74, 6) is 2.91. The van der Waals surface area contributed by atoms with Gasteiger partial charge in [-0.15, -0.1) is 0 Å². The molecule has 34 heavy (non-hydrogen) atoms. The standard InChI is InChI=1S/C26H19N3O5/c1-31-20-12-14-22(15-13-20)33-21-10-6-17(7-11-21)24-28-26(34-29-24)18-4-8-19(9-5-18)27-25(30)23-3-2-16-32-23/h2-16H,1H3,(H,27,30). The summed E-state index contributed by atoms with van der Waals surface area (Å²) >= 11 is 0. The molecule has 5 aromatic rings. The molecule has 0 aliphatic rings. The van der Waals surface area contributed by atoms with Gasteiger partial charge in [0, 0.05) is 16.8 Å². The van der Waals surface area contributed by atoms with Crippen molar-refractivity contribution in [3.05, 3.63) is 97.0 Å². The molecule has 0 saturated carbocycles. The van der Waals surface area contributed by atoms with E-state index >= 15 is 0 Å². The van der Waals surface area contributed by atoms with Gasteiger partial charge in [0.2, 0.25) is 5.82 Å². The van der Waals surface area contributed by atoms with Gasteiger partial charge < -0.3 is 23.7 Å². The maximum absolute atomic E-state index is 12.1. The van der Waals surface area contributed by atoms with Gasteiger partial charge in [-0.05, 0) is 84.9 Å². The number of nitrogens with one attached hydrogen (secondary N) is 1. The zero-order valence-corrected chi connectivity index (χ0v) is 18.1. The molecule has 3 aromatic carbocycles. The molecule has 1 amide bonds. The summed E-state index contributed by atoms with van der Waals surface area (Å²) < 4.78 is 21.5. The van der Waals surface area contributed by atoms with Crippen LogP contribution in [0.4, 0.5) is 5.69 Å². The molecule has 168 valence electrons. The van der Waals surface area contributed by atoms with E-state index in [1.807, 2.05) is 48.5 Å². The van der Waals surface area contributed by atoms with Gasteiger partial charge in [0.15, 0.2) is 5.76 Å². The molecule has 0 atom stereocenters. The number of carbonyl (C=O) groups is 1. The lowest BCUT2D eigenvalue weighted by atomic mass is 10.2. The number of amides is 1. The second-order valence-electron chi connectivity index (χ2n) is 7.23. The van der Waals surface area contributed by atoms with Crippen LogP contribution >= 0.6 is 0 Å². The lowest BCUT2D eigenvalue weighted by Crippen LogP contribution is -2.10. The van der Waals surface area contributed by atoms with Crippen molar-refractivity contribution < 1.29 is 23.2 Å². The number of methoxy groups -OCH3 is 1. The Bertz CT molecular complexity index is 1370. The largest absolute Gasteiger partial charge is 0.497 e. The number of anilines is 1. The van der Waals surface area contributed by atoms with Crippen molar-refractivity contribution in [2.75, 3.05) is 12.4 Å². The molecule has 0 radical (unpaired) electrons. The fourth-order valence-electron chi connectivity index (χ4n) is 3.21. The van der Waals surface area contributed by atoms with Crippen molar-refractivity contribution in [1.29, 1.82) is 0 Å². The Morgan fingerprint density at radius 2 is 1.47 bits per heavy atom. The Kier molecular flexibility index (Phi) is 5.77. The minimum atomic E-state index is -0.322. The number of furan rings is 1. The van der Waals surface area contributed by atoms with Crippen LogP contribution in [0.25, 0.3) is 22.8 Å². The van der Waals surface area contributed by atoms with Crippen molar-refractivity contribution >= 4 is 11.6 Å². The maximum Gasteiger partial charge on any atom is 0.291 e. The van der Waals surface area contributed by atoms with E-state index in [-0.39, 0.29) is 11.7 Å². The summed E-state index contributed by atoms with van der Waals surface area (Å²) in [6.45, 7) is 0.